The number of pyridine rings is 1. The number of hydrogen-bond acceptors (Lipinski definition) is 2. The Kier molecular flexibility index (Phi) is 3.26. The molecular formula is C14H15ClN2O. The minimum absolute atomic E-state index is 0.128. The molecule has 0 aliphatic heterocycles. The van der Waals surface area contributed by atoms with E-state index in [1.165, 1.54) is 0 Å². The Morgan fingerprint density at radius 3 is 2.72 bits per heavy atom. The lowest BCUT2D eigenvalue weighted by Crippen LogP contribution is -2.40. The fourth-order valence-electron chi connectivity index (χ4n) is 1.66. The van der Waals surface area contributed by atoms with Gasteiger partial charge in [-0.05, 0) is 32.9 Å². The molecule has 94 valence electrons. The zero-order chi connectivity index (χ0) is 13.3. The van der Waals surface area contributed by atoms with Crippen molar-refractivity contribution in [3.05, 3.63) is 41.0 Å². The third-order valence-electron chi connectivity index (χ3n) is 2.41. The van der Waals surface area contributed by atoms with E-state index < -0.39 is 0 Å². The third-order valence-corrected chi connectivity index (χ3v) is 2.72. The predicted octanol–water partition coefficient (Wildman–Crippen LogP) is 3.42. The maximum Gasteiger partial charge on any atom is 0.253 e. The number of fused-ring (bicyclic) bond motifs is 1. The number of nitrogens with one attached hydrogen (secondary N) is 1. The topological polar surface area (TPSA) is 42.0 Å². The first kappa shape index (κ1) is 12.8. The van der Waals surface area contributed by atoms with Crippen LogP contribution in [0, 0.1) is 0 Å². The van der Waals surface area contributed by atoms with Crippen LogP contribution in [0.3, 0.4) is 0 Å². The number of rotatable bonds is 1. The average Bonchev–Trinajstić information content (AvgIpc) is 2.26. The molecule has 0 aliphatic carbocycles. The number of halogens is 1. The first-order valence-electron chi connectivity index (χ1n) is 5.73. The summed E-state index contributed by atoms with van der Waals surface area (Å²) in [7, 11) is 0. The van der Waals surface area contributed by atoms with Gasteiger partial charge in [0.05, 0.1) is 16.1 Å². The number of nitrogens with zero attached hydrogens (tertiary/aromatic N) is 1. The van der Waals surface area contributed by atoms with Crippen molar-refractivity contribution in [3.63, 3.8) is 0 Å². The summed E-state index contributed by atoms with van der Waals surface area (Å²) in [4.78, 5) is 16.2. The van der Waals surface area contributed by atoms with E-state index in [-0.39, 0.29) is 11.4 Å². The number of para-hydroxylation sites is 1. The van der Waals surface area contributed by atoms with Crippen molar-refractivity contribution in [2.75, 3.05) is 0 Å². The Labute approximate surface area is 111 Å². The standard InChI is InChI=1S/C14H15ClN2O/c1-14(2,3)17-13(18)10-7-9-5-4-6-11(15)12(9)16-8-10/h4-8H,1-3H3,(H,17,18). The minimum Gasteiger partial charge on any atom is -0.347 e. The van der Waals surface area contributed by atoms with E-state index in [1.807, 2.05) is 32.9 Å². The summed E-state index contributed by atoms with van der Waals surface area (Å²) >= 11 is 6.03. The van der Waals surface area contributed by atoms with E-state index in [4.69, 9.17) is 11.6 Å². The Hall–Kier alpha value is -1.61. The van der Waals surface area contributed by atoms with Crippen LogP contribution in [0.15, 0.2) is 30.5 Å². The summed E-state index contributed by atoms with van der Waals surface area (Å²) in [6.45, 7) is 5.82. The second-order valence-electron chi connectivity index (χ2n) is 5.24. The Balaban J connectivity index is 2.39. The van der Waals surface area contributed by atoms with Gasteiger partial charge in [0.25, 0.3) is 5.91 Å². The molecule has 0 bridgehead atoms. The summed E-state index contributed by atoms with van der Waals surface area (Å²) in [6.07, 6.45) is 1.55. The van der Waals surface area contributed by atoms with Gasteiger partial charge in [-0.1, -0.05) is 23.7 Å². The van der Waals surface area contributed by atoms with E-state index in [1.54, 1.807) is 18.3 Å². The highest BCUT2D eigenvalue weighted by atomic mass is 35.5. The van der Waals surface area contributed by atoms with Crippen molar-refractivity contribution < 1.29 is 4.79 Å². The molecule has 1 aromatic carbocycles. The normalized spacial score (nSPS) is 11.6. The van der Waals surface area contributed by atoms with Gasteiger partial charge in [0, 0.05) is 17.1 Å². The lowest BCUT2D eigenvalue weighted by atomic mass is 10.1. The van der Waals surface area contributed by atoms with Crippen molar-refractivity contribution in [2.24, 2.45) is 0 Å². The molecule has 0 fully saturated rings. The van der Waals surface area contributed by atoms with Gasteiger partial charge in [-0.15, -0.1) is 0 Å². The molecule has 4 heteroatoms. The van der Waals surface area contributed by atoms with Crippen LogP contribution in [0.2, 0.25) is 5.02 Å². The van der Waals surface area contributed by atoms with Gasteiger partial charge in [0.2, 0.25) is 0 Å². The number of carbonyl (C=O) groups excluding carboxylic acids is 1. The maximum absolute atomic E-state index is 12.0. The lowest BCUT2D eigenvalue weighted by molar-refractivity contribution is 0.0919. The van der Waals surface area contributed by atoms with Gasteiger partial charge in [-0.3, -0.25) is 9.78 Å². The Morgan fingerprint density at radius 2 is 2.06 bits per heavy atom. The van der Waals surface area contributed by atoms with Crippen molar-refractivity contribution >= 4 is 28.4 Å². The van der Waals surface area contributed by atoms with E-state index in [2.05, 4.69) is 10.3 Å². The van der Waals surface area contributed by atoms with Gasteiger partial charge in [0.15, 0.2) is 0 Å². The summed E-state index contributed by atoms with van der Waals surface area (Å²) in [6, 6.07) is 7.32. The molecular weight excluding hydrogens is 248 g/mol. The van der Waals surface area contributed by atoms with Gasteiger partial charge in [0.1, 0.15) is 0 Å². The highest BCUT2D eigenvalue weighted by Crippen LogP contribution is 2.21. The fraction of sp³-hybridized carbons (Fsp3) is 0.286. The number of benzene rings is 1. The molecule has 1 aromatic heterocycles. The maximum atomic E-state index is 12.0. The molecule has 18 heavy (non-hydrogen) atoms. The van der Waals surface area contributed by atoms with Crippen LogP contribution in [-0.4, -0.2) is 16.4 Å². The molecule has 0 radical (unpaired) electrons. The summed E-state index contributed by atoms with van der Waals surface area (Å²) in [5, 5.41) is 4.36. The number of hydrogen-bond donors (Lipinski definition) is 1. The van der Waals surface area contributed by atoms with Crippen LogP contribution >= 0.6 is 11.6 Å². The molecule has 1 N–H and O–H groups in total. The van der Waals surface area contributed by atoms with Crippen LogP contribution in [0.4, 0.5) is 0 Å². The second-order valence-corrected chi connectivity index (χ2v) is 5.65. The van der Waals surface area contributed by atoms with Crippen LogP contribution < -0.4 is 5.32 Å². The SMILES string of the molecule is CC(C)(C)NC(=O)c1cnc2c(Cl)cccc2c1. The van der Waals surface area contributed by atoms with Gasteiger partial charge < -0.3 is 5.32 Å². The molecule has 2 rings (SSSR count). The predicted molar refractivity (Wildman–Crippen MR) is 74.0 cm³/mol. The number of carbonyl (C=O) groups is 1. The Bertz CT molecular complexity index is 602. The summed E-state index contributed by atoms with van der Waals surface area (Å²) in [5.41, 5.74) is 0.992. The highest BCUT2D eigenvalue weighted by molar-refractivity contribution is 6.35. The largest absolute Gasteiger partial charge is 0.347 e. The molecule has 0 saturated carbocycles. The highest BCUT2D eigenvalue weighted by Gasteiger charge is 2.16. The van der Waals surface area contributed by atoms with Crippen molar-refractivity contribution in [3.8, 4) is 0 Å². The molecule has 0 spiro atoms. The van der Waals surface area contributed by atoms with E-state index in [0.717, 1.165) is 5.39 Å². The van der Waals surface area contributed by atoms with Crippen LogP contribution in [0.1, 0.15) is 31.1 Å². The van der Waals surface area contributed by atoms with Gasteiger partial charge in [-0.25, -0.2) is 0 Å². The third kappa shape index (κ3) is 2.79. The fourth-order valence-corrected chi connectivity index (χ4v) is 1.89. The second kappa shape index (κ2) is 4.58. The van der Waals surface area contributed by atoms with Crippen molar-refractivity contribution in [1.29, 1.82) is 0 Å². The van der Waals surface area contributed by atoms with Gasteiger partial charge >= 0.3 is 0 Å². The number of aromatic nitrogens is 1. The minimum atomic E-state index is -0.264. The van der Waals surface area contributed by atoms with E-state index >= 15 is 0 Å². The van der Waals surface area contributed by atoms with E-state index in [0.29, 0.717) is 16.1 Å². The van der Waals surface area contributed by atoms with Crippen LogP contribution in [0.25, 0.3) is 10.9 Å². The smallest absolute Gasteiger partial charge is 0.253 e. The van der Waals surface area contributed by atoms with Crippen LogP contribution in [0.5, 0.6) is 0 Å². The average molecular weight is 263 g/mol. The van der Waals surface area contributed by atoms with Crippen molar-refractivity contribution in [1.82, 2.24) is 10.3 Å². The molecule has 1 amide bonds. The molecule has 0 atom stereocenters. The Morgan fingerprint density at radius 1 is 1.33 bits per heavy atom. The zero-order valence-corrected chi connectivity index (χ0v) is 11.4. The van der Waals surface area contributed by atoms with Crippen LogP contribution in [-0.2, 0) is 0 Å². The molecule has 0 unspecified atom stereocenters. The van der Waals surface area contributed by atoms with Crippen molar-refractivity contribution in [2.45, 2.75) is 26.3 Å². The first-order valence-corrected chi connectivity index (χ1v) is 6.11. The molecule has 0 saturated heterocycles. The molecule has 2 aromatic rings. The zero-order valence-electron chi connectivity index (χ0n) is 10.6. The quantitative estimate of drug-likeness (QED) is 0.856. The lowest BCUT2D eigenvalue weighted by Gasteiger charge is -2.20. The number of amides is 1. The molecule has 1 heterocycles. The molecule has 0 aliphatic rings. The monoisotopic (exact) mass is 262 g/mol. The van der Waals surface area contributed by atoms with Gasteiger partial charge in [-0.2, -0.15) is 0 Å². The summed E-state index contributed by atoms with van der Waals surface area (Å²) < 4.78 is 0. The molecule has 3 nitrogen and oxygen atoms in total. The van der Waals surface area contributed by atoms with E-state index in [9.17, 15) is 4.79 Å². The first-order chi connectivity index (χ1) is 8.37. The summed E-state index contributed by atoms with van der Waals surface area (Å²) in [5.74, 6) is -0.128.